The van der Waals surface area contributed by atoms with Gasteiger partial charge in [-0.15, -0.1) is 0 Å². The fourth-order valence-electron chi connectivity index (χ4n) is 2.50. The standard InChI is InChI=1S/C15H24N4O/c1-13(19-11-8-17-9-12-19)15(20)18(2)10-5-14-3-6-16-7-4-14/h3-4,6-7,13,17H,5,8-12H2,1-2H3. The molecule has 1 aliphatic heterocycles. The van der Waals surface area contributed by atoms with Crippen LogP contribution in [0.3, 0.4) is 0 Å². The number of piperazine rings is 1. The Bertz CT molecular complexity index is 417. The first kappa shape index (κ1) is 14.9. The summed E-state index contributed by atoms with van der Waals surface area (Å²) in [6.45, 7) is 6.60. The van der Waals surface area contributed by atoms with Gasteiger partial charge in [0.05, 0.1) is 6.04 Å². The summed E-state index contributed by atoms with van der Waals surface area (Å²) in [4.78, 5) is 20.5. The second-order valence-corrected chi connectivity index (χ2v) is 5.33. The van der Waals surface area contributed by atoms with Gasteiger partial charge < -0.3 is 10.2 Å². The maximum atomic E-state index is 12.4. The minimum absolute atomic E-state index is 0.0282. The van der Waals surface area contributed by atoms with E-state index in [4.69, 9.17) is 0 Å². The molecule has 1 unspecified atom stereocenters. The molecule has 1 atom stereocenters. The average Bonchev–Trinajstić information content (AvgIpc) is 2.53. The highest BCUT2D eigenvalue weighted by molar-refractivity contribution is 5.81. The first-order valence-electron chi connectivity index (χ1n) is 7.27. The molecule has 0 bridgehead atoms. The number of pyridine rings is 1. The van der Waals surface area contributed by atoms with Crippen LogP contribution < -0.4 is 5.32 Å². The van der Waals surface area contributed by atoms with Crippen LogP contribution in [0.15, 0.2) is 24.5 Å². The molecule has 0 radical (unpaired) electrons. The summed E-state index contributed by atoms with van der Waals surface area (Å²) in [6, 6.07) is 3.97. The first-order chi connectivity index (χ1) is 9.68. The maximum absolute atomic E-state index is 12.4. The van der Waals surface area contributed by atoms with Gasteiger partial charge in [0.1, 0.15) is 0 Å². The summed E-state index contributed by atoms with van der Waals surface area (Å²) >= 11 is 0. The fourth-order valence-corrected chi connectivity index (χ4v) is 2.50. The molecule has 0 aliphatic carbocycles. The van der Waals surface area contributed by atoms with Crippen molar-refractivity contribution in [2.75, 3.05) is 39.8 Å². The van der Waals surface area contributed by atoms with Crippen LogP contribution in [0, 0.1) is 0 Å². The Kier molecular flexibility index (Phi) is 5.49. The highest BCUT2D eigenvalue weighted by atomic mass is 16.2. The second-order valence-electron chi connectivity index (χ2n) is 5.33. The number of aromatic nitrogens is 1. The van der Waals surface area contributed by atoms with E-state index in [0.717, 1.165) is 39.1 Å². The van der Waals surface area contributed by atoms with E-state index < -0.39 is 0 Å². The van der Waals surface area contributed by atoms with E-state index in [1.54, 1.807) is 12.4 Å². The monoisotopic (exact) mass is 276 g/mol. The van der Waals surface area contributed by atoms with Gasteiger partial charge in [-0.05, 0) is 31.0 Å². The minimum atomic E-state index is -0.0282. The third-order valence-corrected chi connectivity index (χ3v) is 3.92. The van der Waals surface area contributed by atoms with Crippen LogP contribution in [0.5, 0.6) is 0 Å². The molecule has 0 saturated carbocycles. The summed E-state index contributed by atoms with van der Waals surface area (Å²) in [5.74, 6) is 0.209. The van der Waals surface area contributed by atoms with Crippen LogP contribution >= 0.6 is 0 Å². The number of hydrogen-bond donors (Lipinski definition) is 1. The summed E-state index contributed by atoms with van der Waals surface area (Å²) in [5.41, 5.74) is 1.22. The van der Waals surface area contributed by atoms with Gasteiger partial charge in [-0.25, -0.2) is 0 Å². The number of hydrogen-bond acceptors (Lipinski definition) is 4. The van der Waals surface area contributed by atoms with Crippen molar-refractivity contribution >= 4 is 5.91 Å². The molecule has 2 rings (SSSR count). The molecule has 1 aromatic rings. The molecule has 5 heteroatoms. The van der Waals surface area contributed by atoms with Crippen LogP contribution in [0.4, 0.5) is 0 Å². The van der Waals surface area contributed by atoms with Gasteiger partial charge in [0, 0.05) is 52.2 Å². The van der Waals surface area contributed by atoms with Crippen molar-refractivity contribution in [3.05, 3.63) is 30.1 Å². The van der Waals surface area contributed by atoms with Gasteiger partial charge >= 0.3 is 0 Å². The van der Waals surface area contributed by atoms with Crippen molar-refractivity contribution < 1.29 is 4.79 Å². The van der Waals surface area contributed by atoms with Crippen molar-refractivity contribution in [1.29, 1.82) is 0 Å². The maximum Gasteiger partial charge on any atom is 0.239 e. The highest BCUT2D eigenvalue weighted by Crippen LogP contribution is 2.06. The van der Waals surface area contributed by atoms with Gasteiger partial charge in [0.2, 0.25) is 5.91 Å². The van der Waals surface area contributed by atoms with E-state index in [2.05, 4.69) is 15.2 Å². The predicted molar refractivity (Wildman–Crippen MR) is 79.5 cm³/mol. The van der Waals surface area contributed by atoms with Crippen molar-refractivity contribution in [1.82, 2.24) is 20.1 Å². The summed E-state index contributed by atoms with van der Waals surface area (Å²) in [6.07, 6.45) is 4.46. The molecule has 0 aromatic carbocycles. The van der Waals surface area contributed by atoms with Gasteiger partial charge in [0.25, 0.3) is 0 Å². The number of carbonyl (C=O) groups excluding carboxylic acids is 1. The lowest BCUT2D eigenvalue weighted by molar-refractivity contribution is -0.135. The summed E-state index contributed by atoms with van der Waals surface area (Å²) in [5, 5.41) is 3.31. The number of nitrogens with one attached hydrogen (secondary N) is 1. The average molecular weight is 276 g/mol. The number of nitrogens with zero attached hydrogens (tertiary/aromatic N) is 3. The lowest BCUT2D eigenvalue weighted by Gasteiger charge is -2.34. The highest BCUT2D eigenvalue weighted by Gasteiger charge is 2.24. The van der Waals surface area contributed by atoms with Crippen LogP contribution in [0.2, 0.25) is 0 Å². The Morgan fingerprint density at radius 1 is 1.40 bits per heavy atom. The number of carbonyl (C=O) groups is 1. The van der Waals surface area contributed by atoms with Crippen molar-refractivity contribution in [2.24, 2.45) is 0 Å². The molecular formula is C15H24N4O. The topological polar surface area (TPSA) is 48.5 Å². The van der Waals surface area contributed by atoms with E-state index >= 15 is 0 Å². The Labute approximate surface area is 121 Å². The Morgan fingerprint density at radius 2 is 2.05 bits per heavy atom. The molecule has 0 spiro atoms. The molecule has 1 aromatic heterocycles. The molecule has 1 saturated heterocycles. The van der Waals surface area contributed by atoms with Crippen LogP contribution in [0.1, 0.15) is 12.5 Å². The lowest BCUT2D eigenvalue weighted by Crippen LogP contribution is -2.53. The molecule has 1 fully saturated rings. The quantitative estimate of drug-likeness (QED) is 0.844. The molecule has 1 amide bonds. The third-order valence-electron chi connectivity index (χ3n) is 3.92. The zero-order valence-electron chi connectivity index (χ0n) is 12.4. The van der Waals surface area contributed by atoms with E-state index in [0.29, 0.717) is 0 Å². The smallest absolute Gasteiger partial charge is 0.239 e. The summed E-state index contributed by atoms with van der Waals surface area (Å²) < 4.78 is 0. The fraction of sp³-hybridized carbons (Fsp3) is 0.600. The van der Waals surface area contributed by atoms with Crippen LogP contribution in [-0.4, -0.2) is 66.5 Å². The van der Waals surface area contributed by atoms with Gasteiger partial charge in [-0.1, -0.05) is 0 Å². The minimum Gasteiger partial charge on any atom is -0.344 e. The third kappa shape index (κ3) is 4.02. The van der Waals surface area contributed by atoms with E-state index in [-0.39, 0.29) is 11.9 Å². The summed E-state index contributed by atoms with van der Waals surface area (Å²) in [7, 11) is 1.89. The van der Waals surface area contributed by atoms with Crippen LogP contribution in [0.25, 0.3) is 0 Å². The SMILES string of the molecule is CC(C(=O)N(C)CCc1ccncc1)N1CCNCC1. The van der Waals surface area contributed by atoms with E-state index in [9.17, 15) is 4.79 Å². The Hall–Kier alpha value is -1.46. The molecule has 20 heavy (non-hydrogen) atoms. The Balaban J connectivity index is 1.81. The van der Waals surface area contributed by atoms with Crippen molar-refractivity contribution in [2.45, 2.75) is 19.4 Å². The van der Waals surface area contributed by atoms with E-state index in [1.807, 2.05) is 31.0 Å². The largest absolute Gasteiger partial charge is 0.344 e. The zero-order chi connectivity index (χ0) is 14.4. The van der Waals surface area contributed by atoms with Crippen molar-refractivity contribution in [3.63, 3.8) is 0 Å². The van der Waals surface area contributed by atoms with Gasteiger partial charge in [-0.2, -0.15) is 0 Å². The van der Waals surface area contributed by atoms with E-state index in [1.165, 1.54) is 5.56 Å². The lowest BCUT2D eigenvalue weighted by atomic mass is 10.1. The molecule has 2 heterocycles. The van der Waals surface area contributed by atoms with Gasteiger partial charge in [0.15, 0.2) is 0 Å². The molecule has 1 aliphatic rings. The predicted octanol–water partition coefficient (Wildman–Crippen LogP) is 0.376. The van der Waals surface area contributed by atoms with Gasteiger partial charge in [-0.3, -0.25) is 14.7 Å². The second kappa shape index (κ2) is 7.36. The Morgan fingerprint density at radius 3 is 2.70 bits per heavy atom. The molecule has 110 valence electrons. The molecule has 5 nitrogen and oxygen atoms in total. The zero-order valence-corrected chi connectivity index (χ0v) is 12.4. The first-order valence-corrected chi connectivity index (χ1v) is 7.27. The van der Waals surface area contributed by atoms with Crippen molar-refractivity contribution in [3.8, 4) is 0 Å². The normalized spacial score (nSPS) is 17.7. The number of rotatable bonds is 5. The number of likely N-dealkylation sites (N-methyl/N-ethyl adjacent to an activating group) is 1. The van der Waals surface area contributed by atoms with Crippen LogP contribution in [-0.2, 0) is 11.2 Å². The molecule has 1 N–H and O–H groups in total. The number of amides is 1. The molecular weight excluding hydrogens is 252 g/mol.